The molecule has 92 valence electrons. The zero-order chi connectivity index (χ0) is 11.4. The van der Waals surface area contributed by atoms with Crippen molar-refractivity contribution in [3.63, 3.8) is 0 Å². The summed E-state index contributed by atoms with van der Waals surface area (Å²) in [5.41, 5.74) is 2.65. The molecule has 1 aliphatic carbocycles. The second-order valence-electron chi connectivity index (χ2n) is 4.91. The molecule has 1 unspecified atom stereocenters. The average molecular weight is 225 g/mol. The molecule has 0 bridgehead atoms. The number of hydrogen-bond acceptors (Lipinski definition) is 3. The van der Waals surface area contributed by atoms with E-state index >= 15 is 0 Å². The van der Waals surface area contributed by atoms with Crippen molar-refractivity contribution in [1.82, 2.24) is 15.6 Å². The lowest BCUT2D eigenvalue weighted by atomic mass is 10.3. The minimum absolute atomic E-state index is 0.395. The van der Waals surface area contributed by atoms with Crippen LogP contribution in [0.3, 0.4) is 0 Å². The van der Waals surface area contributed by atoms with Gasteiger partial charge in [-0.15, -0.1) is 0 Å². The first-order chi connectivity index (χ1) is 7.78. The minimum Gasteiger partial charge on any atom is -0.352 e. The van der Waals surface area contributed by atoms with E-state index in [0.29, 0.717) is 12.1 Å². The molecule has 0 aromatic carbocycles. The number of hydrogen-bond donors (Lipinski definition) is 3. The van der Waals surface area contributed by atoms with Crippen molar-refractivity contribution < 1.29 is 0 Å². The highest BCUT2D eigenvalue weighted by molar-refractivity contribution is 5.79. The van der Waals surface area contributed by atoms with E-state index in [-0.39, 0.29) is 0 Å². The summed E-state index contributed by atoms with van der Waals surface area (Å²) in [6, 6.07) is 0.893. The molecule has 0 radical (unpaired) electrons. The molecule has 1 saturated carbocycles. The van der Waals surface area contributed by atoms with Crippen LogP contribution in [0, 0.1) is 0 Å². The van der Waals surface area contributed by atoms with Gasteiger partial charge in [-0.2, -0.15) is 0 Å². The maximum absolute atomic E-state index is 5.45. The number of likely N-dealkylation sites (tertiary alicyclic amines) is 1. The lowest BCUT2D eigenvalue weighted by Gasteiger charge is -2.22. The van der Waals surface area contributed by atoms with E-state index in [0.717, 1.165) is 12.5 Å². The second-order valence-corrected chi connectivity index (χ2v) is 4.91. The van der Waals surface area contributed by atoms with Gasteiger partial charge in [0.25, 0.3) is 0 Å². The van der Waals surface area contributed by atoms with Crippen molar-refractivity contribution in [2.24, 2.45) is 10.8 Å². The number of hydrazine groups is 1. The molecule has 0 aromatic heterocycles. The van der Waals surface area contributed by atoms with Crippen LogP contribution in [-0.2, 0) is 0 Å². The van der Waals surface area contributed by atoms with Crippen molar-refractivity contribution in [2.45, 2.75) is 44.7 Å². The second kappa shape index (κ2) is 5.50. The lowest BCUT2D eigenvalue weighted by Crippen LogP contribution is -2.49. The van der Waals surface area contributed by atoms with Gasteiger partial charge in [-0.1, -0.05) is 0 Å². The number of nitrogens with one attached hydrogen (secondary N) is 2. The molecule has 1 aliphatic heterocycles. The molecule has 1 saturated heterocycles. The van der Waals surface area contributed by atoms with Gasteiger partial charge in [-0.3, -0.25) is 5.43 Å². The number of nitrogens with zero attached hydrogens (tertiary/aromatic N) is 2. The molecule has 5 nitrogen and oxygen atoms in total. The van der Waals surface area contributed by atoms with Gasteiger partial charge < -0.3 is 10.2 Å². The summed E-state index contributed by atoms with van der Waals surface area (Å²) >= 11 is 0. The van der Waals surface area contributed by atoms with Crippen molar-refractivity contribution in [3.05, 3.63) is 0 Å². The van der Waals surface area contributed by atoms with E-state index < -0.39 is 0 Å². The molecule has 2 fully saturated rings. The third-order valence-corrected chi connectivity index (χ3v) is 3.11. The van der Waals surface area contributed by atoms with Gasteiger partial charge >= 0.3 is 0 Å². The Bertz CT molecular complexity index is 243. The quantitative estimate of drug-likeness (QED) is 0.274. The fourth-order valence-corrected chi connectivity index (χ4v) is 2.13. The van der Waals surface area contributed by atoms with E-state index in [4.69, 9.17) is 5.84 Å². The third-order valence-electron chi connectivity index (χ3n) is 3.11. The fraction of sp³-hybridized carbons (Fsp3) is 0.909. The van der Waals surface area contributed by atoms with E-state index in [1.165, 1.54) is 38.8 Å². The summed E-state index contributed by atoms with van der Waals surface area (Å²) < 4.78 is 0. The maximum atomic E-state index is 5.45. The molecule has 1 atom stereocenters. The molecule has 16 heavy (non-hydrogen) atoms. The normalized spacial score (nSPS) is 24.5. The Morgan fingerprint density at radius 2 is 2.12 bits per heavy atom. The van der Waals surface area contributed by atoms with Crippen LogP contribution in [0.2, 0.25) is 0 Å². The van der Waals surface area contributed by atoms with Crippen LogP contribution in [-0.4, -0.2) is 42.6 Å². The van der Waals surface area contributed by atoms with Crippen molar-refractivity contribution in [3.8, 4) is 0 Å². The Morgan fingerprint density at radius 1 is 1.44 bits per heavy atom. The van der Waals surface area contributed by atoms with Crippen LogP contribution in [0.25, 0.3) is 0 Å². The first-order valence-electron chi connectivity index (χ1n) is 6.31. The number of guanidine groups is 1. The average Bonchev–Trinajstić information content (AvgIpc) is 2.93. The molecule has 2 aliphatic rings. The van der Waals surface area contributed by atoms with Crippen molar-refractivity contribution in [2.75, 3.05) is 19.6 Å². The lowest BCUT2D eigenvalue weighted by molar-refractivity contribution is 0.311. The van der Waals surface area contributed by atoms with Gasteiger partial charge in [0, 0.05) is 12.6 Å². The number of nitrogens with two attached hydrogens (primary N) is 1. The fourth-order valence-electron chi connectivity index (χ4n) is 2.13. The van der Waals surface area contributed by atoms with Crippen LogP contribution in [0.15, 0.2) is 4.99 Å². The molecule has 1 heterocycles. The summed E-state index contributed by atoms with van der Waals surface area (Å²) in [6.07, 6.45) is 5.08. The van der Waals surface area contributed by atoms with Gasteiger partial charge in [0.1, 0.15) is 0 Å². The highest BCUT2D eigenvalue weighted by Crippen LogP contribution is 2.23. The van der Waals surface area contributed by atoms with Gasteiger partial charge in [-0.05, 0) is 45.7 Å². The van der Waals surface area contributed by atoms with E-state index in [1.807, 2.05) is 0 Å². The largest absolute Gasteiger partial charge is 0.352 e. The number of rotatable bonds is 4. The highest BCUT2D eigenvalue weighted by Gasteiger charge is 2.21. The van der Waals surface area contributed by atoms with E-state index in [9.17, 15) is 0 Å². The Hall–Kier alpha value is -0.810. The third kappa shape index (κ3) is 3.64. The zero-order valence-electron chi connectivity index (χ0n) is 10.1. The van der Waals surface area contributed by atoms with Gasteiger partial charge in [-0.25, -0.2) is 10.8 Å². The standard InChI is InChI=1S/C11H23N5/c1-9(8-16-6-2-3-7-16)13-11(15-12)14-10-4-5-10/h9-10H,2-8,12H2,1H3,(H2,13,14,15). The maximum Gasteiger partial charge on any atom is 0.206 e. The zero-order valence-corrected chi connectivity index (χ0v) is 10.1. The Labute approximate surface area is 97.4 Å². The smallest absolute Gasteiger partial charge is 0.206 e. The Balaban J connectivity index is 1.73. The summed E-state index contributed by atoms with van der Waals surface area (Å²) in [4.78, 5) is 6.96. The molecule has 0 spiro atoms. The molecule has 2 rings (SSSR count). The predicted molar refractivity (Wildman–Crippen MR) is 66.1 cm³/mol. The van der Waals surface area contributed by atoms with Crippen LogP contribution in [0.5, 0.6) is 0 Å². The molecule has 0 amide bonds. The van der Waals surface area contributed by atoms with Gasteiger partial charge in [0.2, 0.25) is 5.96 Å². The van der Waals surface area contributed by atoms with E-state index in [1.54, 1.807) is 0 Å². The first-order valence-corrected chi connectivity index (χ1v) is 6.31. The molecule has 4 N–H and O–H groups in total. The van der Waals surface area contributed by atoms with Crippen LogP contribution >= 0.6 is 0 Å². The van der Waals surface area contributed by atoms with Gasteiger partial charge in [0.15, 0.2) is 0 Å². The molecular weight excluding hydrogens is 202 g/mol. The summed E-state index contributed by atoms with van der Waals surface area (Å²) in [6.45, 7) is 5.72. The Morgan fingerprint density at radius 3 is 2.69 bits per heavy atom. The minimum atomic E-state index is 0.395. The van der Waals surface area contributed by atoms with Gasteiger partial charge in [0.05, 0.1) is 6.04 Å². The summed E-state index contributed by atoms with van der Waals surface area (Å²) in [7, 11) is 0. The molecule has 5 heteroatoms. The highest BCUT2D eigenvalue weighted by atomic mass is 15.3. The molecule has 0 aromatic rings. The Kier molecular flexibility index (Phi) is 4.01. The molecular formula is C11H23N5. The van der Waals surface area contributed by atoms with E-state index in [2.05, 4.69) is 27.6 Å². The summed E-state index contributed by atoms with van der Waals surface area (Å²) in [5, 5.41) is 3.34. The van der Waals surface area contributed by atoms with Crippen molar-refractivity contribution in [1.29, 1.82) is 0 Å². The topological polar surface area (TPSA) is 65.7 Å². The van der Waals surface area contributed by atoms with Crippen LogP contribution in [0.1, 0.15) is 32.6 Å². The van der Waals surface area contributed by atoms with Crippen molar-refractivity contribution >= 4 is 5.96 Å². The summed E-state index contributed by atoms with van der Waals surface area (Å²) in [5.74, 6) is 6.19. The number of aliphatic imine (C=N–C) groups is 1. The predicted octanol–water partition coefficient (Wildman–Crippen LogP) is 0.0420. The van der Waals surface area contributed by atoms with Crippen LogP contribution < -0.4 is 16.6 Å². The van der Waals surface area contributed by atoms with Crippen LogP contribution in [0.4, 0.5) is 0 Å². The first kappa shape index (κ1) is 11.7. The SMILES string of the molecule is CC(CN1CCCC1)NC(=NC1CC1)NN. The monoisotopic (exact) mass is 225 g/mol.